The molecule has 1 aromatic carbocycles. The van der Waals surface area contributed by atoms with Crippen LogP contribution < -0.4 is 4.74 Å². The molecule has 1 aliphatic rings. The van der Waals surface area contributed by atoms with Crippen LogP contribution in [0.3, 0.4) is 0 Å². The molecule has 2 rings (SSSR count). The Bertz CT molecular complexity index is 557. The summed E-state index contributed by atoms with van der Waals surface area (Å²) in [5.41, 5.74) is -1.57. The highest BCUT2D eigenvalue weighted by atomic mass is 19.3. The molecule has 1 amide bonds. The van der Waals surface area contributed by atoms with Crippen LogP contribution in [0, 0.1) is 0 Å². The average Bonchev–Trinajstić information content (AvgIpc) is 2.97. The first-order chi connectivity index (χ1) is 10.8. The van der Waals surface area contributed by atoms with Gasteiger partial charge in [-0.25, -0.2) is 0 Å². The standard InChI is InChI=1S/C17H23F2NO3/c1-3-23-14-9-5-4-8-13(14)12-20(2)15(21)17(18,19)16(22)10-6-7-11-16/h4-5,8-9,22H,3,6-7,10-12H2,1-2H3. The highest BCUT2D eigenvalue weighted by Crippen LogP contribution is 2.43. The molecule has 1 fully saturated rings. The second-order valence-corrected chi connectivity index (χ2v) is 6.02. The summed E-state index contributed by atoms with van der Waals surface area (Å²) in [7, 11) is 1.32. The van der Waals surface area contributed by atoms with Gasteiger partial charge in [-0.3, -0.25) is 4.79 Å². The number of benzene rings is 1. The third-order valence-corrected chi connectivity index (χ3v) is 4.31. The van der Waals surface area contributed by atoms with E-state index in [9.17, 15) is 18.7 Å². The maximum absolute atomic E-state index is 14.4. The minimum absolute atomic E-state index is 0.000671. The van der Waals surface area contributed by atoms with Crippen LogP contribution in [0.25, 0.3) is 0 Å². The maximum atomic E-state index is 14.4. The lowest BCUT2D eigenvalue weighted by Crippen LogP contribution is -2.56. The number of hydrogen-bond donors (Lipinski definition) is 1. The summed E-state index contributed by atoms with van der Waals surface area (Å²) >= 11 is 0. The Kier molecular flexibility index (Phi) is 5.24. The van der Waals surface area contributed by atoms with Crippen LogP contribution in [0.2, 0.25) is 0 Å². The third kappa shape index (κ3) is 3.47. The zero-order chi connectivity index (χ0) is 17.1. The number of alkyl halides is 2. The number of aliphatic hydroxyl groups is 1. The van der Waals surface area contributed by atoms with Gasteiger partial charge in [-0.2, -0.15) is 8.78 Å². The van der Waals surface area contributed by atoms with Gasteiger partial charge in [0.15, 0.2) is 0 Å². The fourth-order valence-electron chi connectivity index (χ4n) is 2.97. The zero-order valence-electron chi connectivity index (χ0n) is 13.5. The minimum Gasteiger partial charge on any atom is -0.494 e. The van der Waals surface area contributed by atoms with Crippen molar-refractivity contribution in [3.63, 3.8) is 0 Å². The van der Waals surface area contributed by atoms with Crippen molar-refractivity contribution in [3.8, 4) is 5.75 Å². The molecule has 4 nitrogen and oxygen atoms in total. The van der Waals surface area contributed by atoms with Gasteiger partial charge >= 0.3 is 5.92 Å². The first-order valence-corrected chi connectivity index (χ1v) is 7.88. The first kappa shape index (κ1) is 17.7. The van der Waals surface area contributed by atoms with Gasteiger partial charge in [0.2, 0.25) is 0 Å². The molecule has 0 aromatic heterocycles. The molecule has 0 radical (unpaired) electrons. The van der Waals surface area contributed by atoms with Crippen LogP contribution in [0.5, 0.6) is 5.75 Å². The Morgan fingerprint density at radius 2 is 1.96 bits per heavy atom. The van der Waals surface area contributed by atoms with Gasteiger partial charge < -0.3 is 14.7 Å². The van der Waals surface area contributed by atoms with Gasteiger partial charge in [0.1, 0.15) is 11.4 Å². The van der Waals surface area contributed by atoms with Crippen LogP contribution >= 0.6 is 0 Å². The quantitative estimate of drug-likeness (QED) is 0.874. The van der Waals surface area contributed by atoms with E-state index >= 15 is 0 Å². The van der Waals surface area contributed by atoms with Crippen LogP contribution in [0.1, 0.15) is 38.2 Å². The van der Waals surface area contributed by atoms with Gasteiger partial charge in [0.05, 0.1) is 6.61 Å². The Morgan fingerprint density at radius 3 is 2.57 bits per heavy atom. The number of halogens is 2. The van der Waals surface area contributed by atoms with Crippen molar-refractivity contribution in [2.45, 2.75) is 50.7 Å². The molecule has 0 heterocycles. The fraction of sp³-hybridized carbons (Fsp3) is 0.588. The van der Waals surface area contributed by atoms with E-state index in [1.165, 1.54) is 7.05 Å². The Labute approximate surface area is 135 Å². The van der Waals surface area contributed by atoms with Crippen molar-refractivity contribution >= 4 is 5.91 Å². The Morgan fingerprint density at radius 1 is 1.35 bits per heavy atom. The summed E-state index contributed by atoms with van der Waals surface area (Å²) in [6, 6.07) is 7.02. The lowest BCUT2D eigenvalue weighted by atomic mass is 9.92. The number of ether oxygens (including phenoxy) is 1. The van der Waals surface area contributed by atoms with Crippen LogP contribution in [0.15, 0.2) is 24.3 Å². The first-order valence-electron chi connectivity index (χ1n) is 7.88. The summed E-state index contributed by atoms with van der Waals surface area (Å²) in [4.78, 5) is 13.2. The van der Waals surface area contributed by atoms with Crippen molar-refractivity contribution in [2.75, 3.05) is 13.7 Å². The molecular formula is C17H23F2NO3. The predicted octanol–water partition coefficient (Wildman–Crippen LogP) is 2.98. The zero-order valence-corrected chi connectivity index (χ0v) is 13.5. The van der Waals surface area contributed by atoms with E-state index in [1.807, 2.05) is 6.92 Å². The molecule has 1 aromatic rings. The van der Waals surface area contributed by atoms with Gasteiger partial charge in [0.25, 0.3) is 5.91 Å². The molecule has 0 saturated heterocycles. The number of para-hydroxylation sites is 1. The van der Waals surface area contributed by atoms with E-state index in [0.717, 1.165) is 4.90 Å². The highest BCUT2D eigenvalue weighted by Gasteiger charge is 2.59. The number of rotatable bonds is 6. The number of nitrogens with zero attached hydrogens (tertiary/aromatic N) is 1. The van der Waals surface area contributed by atoms with Gasteiger partial charge in [-0.15, -0.1) is 0 Å². The highest BCUT2D eigenvalue weighted by molar-refractivity contribution is 5.84. The predicted molar refractivity (Wildman–Crippen MR) is 82.4 cm³/mol. The molecule has 0 spiro atoms. The summed E-state index contributed by atoms with van der Waals surface area (Å²) in [6.07, 6.45) is 0.927. The Hall–Kier alpha value is -1.69. The monoisotopic (exact) mass is 327 g/mol. The molecule has 0 aliphatic heterocycles. The Balaban J connectivity index is 2.14. The molecule has 6 heteroatoms. The van der Waals surface area contributed by atoms with Crippen molar-refractivity contribution < 1.29 is 23.4 Å². The second kappa shape index (κ2) is 6.83. The molecule has 128 valence electrons. The molecule has 0 atom stereocenters. The molecule has 0 bridgehead atoms. The fourth-order valence-corrected chi connectivity index (χ4v) is 2.97. The van der Waals surface area contributed by atoms with Gasteiger partial charge in [-0.1, -0.05) is 31.0 Å². The average molecular weight is 327 g/mol. The summed E-state index contributed by atoms with van der Waals surface area (Å²) < 4.78 is 34.3. The summed E-state index contributed by atoms with van der Waals surface area (Å²) in [5, 5.41) is 10.1. The SMILES string of the molecule is CCOc1ccccc1CN(C)C(=O)C(F)(F)C1(O)CCCC1. The molecule has 1 N–H and O–H groups in total. The van der Waals surface area contributed by atoms with E-state index in [-0.39, 0.29) is 19.4 Å². The van der Waals surface area contributed by atoms with E-state index in [2.05, 4.69) is 0 Å². The second-order valence-electron chi connectivity index (χ2n) is 6.02. The number of carbonyl (C=O) groups is 1. The van der Waals surface area contributed by atoms with E-state index in [4.69, 9.17) is 4.74 Å². The largest absolute Gasteiger partial charge is 0.494 e. The van der Waals surface area contributed by atoms with Gasteiger partial charge in [0, 0.05) is 19.2 Å². The molecule has 1 saturated carbocycles. The van der Waals surface area contributed by atoms with E-state index in [0.29, 0.717) is 30.8 Å². The number of carbonyl (C=O) groups excluding carboxylic acids is 1. The molecule has 1 aliphatic carbocycles. The maximum Gasteiger partial charge on any atom is 0.352 e. The van der Waals surface area contributed by atoms with Crippen molar-refractivity contribution in [1.82, 2.24) is 4.90 Å². The van der Waals surface area contributed by atoms with Crippen molar-refractivity contribution in [1.29, 1.82) is 0 Å². The topological polar surface area (TPSA) is 49.8 Å². The minimum atomic E-state index is -3.78. The summed E-state index contributed by atoms with van der Waals surface area (Å²) in [6.45, 7) is 2.28. The number of amides is 1. The van der Waals surface area contributed by atoms with Crippen LogP contribution in [0.4, 0.5) is 8.78 Å². The molecular weight excluding hydrogens is 304 g/mol. The third-order valence-electron chi connectivity index (χ3n) is 4.31. The normalized spacial score (nSPS) is 17.1. The van der Waals surface area contributed by atoms with Crippen LogP contribution in [-0.4, -0.2) is 41.1 Å². The smallest absolute Gasteiger partial charge is 0.352 e. The summed E-state index contributed by atoms with van der Waals surface area (Å²) in [5.74, 6) is -4.57. The molecule has 0 unspecified atom stereocenters. The van der Waals surface area contributed by atoms with E-state index < -0.39 is 17.4 Å². The lowest BCUT2D eigenvalue weighted by Gasteiger charge is -2.33. The lowest BCUT2D eigenvalue weighted by molar-refractivity contribution is -0.199. The van der Waals surface area contributed by atoms with E-state index in [1.54, 1.807) is 24.3 Å². The number of hydrogen-bond acceptors (Lipinski definition) is 3. The van der Waals surface area contributed by atoms with Crippen LogP contribution in [-0.2, 0) is 11.3 Å². The molecule has 23 heavy (non-hydrogen) atoms. The van der Waals surface area contributed by atoms with Gasteiger partial charge in [-0.05, 0) is 25.8 Å². The van der Waals surface area contributed by atoms with Crippen molar-refractivity contribution in [3.05, 3.63) is 29.8 Å². The van der Waals surface area contributed by atoms with Crippen molar-refractivity contribution in [2.24, 2.45) is 0 Å².